The van der Waals surface area contributed by atoms with E-state index in [2.05, 4.69) is 24.3 Å². The molecule has 0 saturated carbocycles. The van der Waals surface area contributed by atoms with E-state index >= 15 is 0 Å². The number of benzene rings is 1. The molecule has 0 radical (unpaired) electrons. The minimum Gasteiger partial charge on any atom is -0.347 e. The van der Waals surface area contributed by atoms with E-state index in [-0.39, 0.29) is 12.2 Å². The molecule has 2 unspecified atom stereocenters. The largest absolute Gasteiger partial charge is 0.347 e. The molecule has 1 aromatic heterocycles. The smallest absolute Gasteiger partial charge is 0.216 e. The van der Waals surface area contributed by atoms with Crippen molar-refractivity contribution >= 4 is 34.4 Å². The molecule has 0 amide bonds. The van der Waals surface area contributed by atoms with Gasteiger partial charge in [-0.2, -0.15) is 0 Å². The van der Waals surface area contributed by atoms with Crippen LogP contribution in [0.15, 0.2) is 30.3 Å². The Labute approximate surface area is 116 Å². The summed E-state index contributed by atoms with van der Waals surface area (Å²) in [6.07, 6.45) is 0.0313. The molecule has 0 N–H and O–H groups in total. The molecule has 6 heteroatoms. The maximum absolute atomic E-state index is 5.88. The normalized spacial score (nSPS) is 31.3. The van der Waals surface area contributed by atoms with Crippen molar-refractivity contribution in [2.75, 3.05) is 20.0 Å². The summed E-state index contributed by atoms with van der Waals surface area (Å²) in [7, 11) is -1.01. The van der Waals surface area contributed by atoms with Crippen molar-refractivity contribution in [3.8, 4) is 0 Å². The van der Waals surface area contributed by atoms with Crippen molar-refractivity contribution < 1.29 is 18.5 Å². The zero-order valence-corrected chi connectivity index (χ0v) is 11.9. The molecule has 3 atom stereocenters. The minimum absolute atomic E-state index is 0.0156. The Balaban J connectivity index is 1.58. The summed E-state index contributed by atoms with van der Waals surface area (Å²) in [5.74, 6) is 0. The zero-order valence-electron chi connectivity index (χ0n) is 10.2. The van der Waals surface area contributed by atoms with Crippen LogP contribution in [0, 0.1) is 0 Å². The third-order valence-electron chi connectivity index (χ3n) is 3.28. The van der Waals surface area contributed by atoms with Gasteiger partial charge >= 0.3 is 0 Å². The highest BCUT2D eigenvalue weighted by Crippen LogP contribution is 2.44. The number of rotatable bonds is 1. The minimum atomic E-state index is -1.01. The van der Waals surface area contributed by atoms with Gasteiger partial charge in [0, 0.05) is 4.70 Å². The average Bonchev–Trinajstić information content (AvgIpc) is 3.01. The third-order valence-corrected chi connectivity index (χ3v) is 6.18. The Morgan fingerprint density at radius 3 is 2.53 bits per heavy atom. The quantitative estimate of drug-likeness (QED) is 0.758. The van der Waals surface area contributed by atoms with Crippen LogP contribution in [0.25, 0.3) is 10.1 Å². The van der Waals surface area contributed by atoms with Crippen LogP contribution in [-0.4, -0.2) is 32.2 Å². The summed E-state index contributed by atoms with van der Waals surface area (Å²) in [5.41, 5.74) is 0. The predicted molar refractivity (Wildman–Crippen MR) is 74.9 cm³/mol. The second-order valence-corrected chi connectivity index (χ2v) is 7.40. The van der Waals surface area contributed by atoms with Crippen LogP contribution in [0.5, 0.6) is 0 Å². The van der Waals surface area contributed by atoms with E-state index in [1.54, 1.807) is 11.3 Å². The van der Waals surface area contributed by atoms with Gasteiger partial charge in [-0.3, -0.25) is 0 Å². The summed E-state index contributed by atoms with van der Waals surface area (Å²) in [4.78, 5) is 0. The first-order valence-electron chi connectivity index (χ1n) is 6.18. The van der Waals surface area contributed by atoms with Gasteiger partial charge in [-0.05, 0) is 17.5 Å². The fraction of sp³-hybridized carbons (Fsp3) is 0.385. The zero-order chi connectivity index (χ0) is 12.7. The molecule has 1 aromatic carbocycles. The Bertz CT molecular complexity index is 540. The maximum Gasteiger partial charge on any atom is 0.216 e. The third kappa shape index (κ3) is 2.31. The molecular formula is C13H13O4PS. The van der Waals surface area contributed by atoms with E-state index in [0.29, 0.717) is 20.0 Å². The van der Waals surface area contributed by atoms with Crippen LogP contribution in [0.3, 0.4) is 0 Å². The van der Waals surface area contributed by atoms with Gasteiger partial charge in [-0.1, -0.05) is 18.2 Å². The van der Waals surface area contributed by atoms with Crippen molar-refractivity contribution in [2.24, 2.45) is 0 Å². The summed E-state index contributed by atoms with van der Waals surface area (Å²) < 4.78 is 25.1. The SMILES string of the molecule is c1ccc2sc(P3OCC4OCO[C@@H]4CO3)cc2c1. The van der Waals surface area contributed by atoms with Gasteiger partial charge in [0.05, 0.1) is 17.8 Å². The number of ether oxygens (including phenoxy) is 2. The van der Waals surface area contributed by atoms with Gasteiger partial charge in [-0.15, -0.1) is 11.3 Å². The lowest BCUT2D eigenvalue weighted by Gasteiger charge is -2.12. The van der Waals surface area contributed by atoms with Crippen LogP contribution < -0.4 is 4.62 Å². The molecule has 0 aliphatic carbocycles. The van der Waals surface area contributed by atoms with Gasteiger partial charge < -0.3 is 18.5 Å². The first-order chi connectivity index (χ1) is 9.40. The molecular weight excluding hydrogens is 283 g/mol. The molecule has 0 bridgehead atoms. The second-order valence-electron chi connectivity index (χ2n) is 4.50. The molecule has 4 rings (SSSR count). The predicted octanol–water partition coefficient (Wildman–Crippen LogP) is 2.63. The van der Waals surface area contributed by atoms with Crippen molar-refractivity contribution in [1.82, 2.24) is 0 Å². The molecule has 2 saturated heterocycles. The molecule has 2 aromatic rings. The van der Waals surface area contributed by atoms with Gasteiger partial charge in [0.25, 0.3) is 0 Å². The van der Waals surface area contributed by atoms with E-state index in [0.717, 1.165) is 4.62 Å². The molecule has 4 nitrogen and oxygen atoms in total. The van der Waals surface area contributed by atoms with Crippen LogP contribution >= 0.6 is 19.7 Å². The molecule has 2 aliphatic heterocycles. The monoisotopic (exact) mass is 296 g/mol. The maximum atomic E-state index is 5.88. The van der Waals surface area contributed by atoms with Gasteiger partial charge in [0.2, 0.25) is 8.38 Å². The van der Waals surface area contributed by atoms with E-state index in [1.807, 2.05) is 6.07 Å². The summed E-state index contributed by atoms with van der Waals surface area (Å²) in [6, 6.07) is 10.5. The molecule has 19 heavy (non-hydrogen) atoms. The lowest BCUT2D eigenvalue weighted by Crippen LogP contribution is -2.27. The topological polar surface area (TPSA) is 36.9 Å². The number of thiophene rings is 1. The molecule has 100 valence electrons. The lowest BCUT2D eigenvalue weighted by atomic mass is 10.2. The first kappa shape index (κ1) is 12.2. The van der Waals surface area contributed by atoms with Crippen molar-refractivity contribution in [1.29, 1.82) is 0 Å². The fourth-order valence-corrected chi connectivity index (χ4v) is 5.09. The molecule has 3 heterocycles. The number of fused-ring (bicyclic) bond motifs is 2. The van der Waals surface area contributed by atoms with Crippen molar-refractivity contribution in [2.45, 2.75) is 12.2 Å². The highest BCUT2D eigenvalue weighted by molar-refractivity contribution is 7.64. The Kier molecular flexibility index (Phi) is 3.27. The lowest BCUT2D eigenvalue weighted by molar-refractivity contribution is 0.0212. The Morgan fingerprint density at radius 1 is 1.05 bits per heavy atom. The van der Waals surface area contributed by atoms with Crippen molar-refractivity contribution in [3.05, 3.63) is 30.3 Å². The number of hydrogen-bond donors (Lipinski definition) is 0. The molecule has 2 fully saturated rings. The number of hydrogen-bond acceptors (Lipinski definition) is 5. The molecule has 0 spiro atoms. The van der Waals surface area contributed by atoms with E-state index in [9.17, 15) is 0 Å². The Hall–Kier alpha value is -0.550. The van der Waals surface area contributed by atoms with Gasteiger partial charge in [-0.25, -0.2) is 0 Å². The van der Waals surface area contributed by atoms with Crippen LogP contribution in [0.1, 0.15) is 0 Å². The van der Waals surface area contributed by atoms with E-state index < -0.39 is 8.38 Å². The Morgan fingerprint density at radius 2 is 1.79 bits per heavy atom. The van der Waals surface area contributed by atoms with Crippen LogP contribution in [0.2, 0.25) is 0 Å². The van der Waals surface area contributed by atoms with E-state index in [1.165, 1.54) is 10.1 Å². The highest BCUT2D eigenvalue weighted by atomic mass is 32.1. The van der Waals surface area contributed by atoms with Gasteiger partial charge in [0.15, 0.2) is 0 Å². The second kappa shape index (κ2) is 5.09. The first-order valence-corrected chi connectivity index (χ1v) is 8.17. The summed E-state index contributed by atoms with van der Waals surface area (Å²) in [6.45, 7) is 1.44. The van der Waals surface area contributed by atoms with E-state index in [4.69, 9.17) is 18.5 Å². The van der Waals surface area contributed by atoms with Crippen molar-refractivity contribution in [3.63, 3.8) is 0 Å². The summed E-state index contributed by atoms with van der Waals surface area (Å²) >= 11 is 1.74. The molecule has 2 aliphatic rings. The van der Waals surface area contributed by atoms with Gasteiger partial charge in [0.1, 0.15) is 19.0 Å². The fourth-order valence-electron chi connectivity index (χ4n) is 2.24. The van der Waals surface area contributed by atoms with Crippen LogP contribution in [-0.2, 0) is 18.5 Å². The summed E-state index contributed by atoms with van der Waals surface area (Å²) in [5, 5.41) is 1.24. The standard InChI is InChI=1S/C13H13O4PS/c1-2-4-12-9(3-1)5-13(19-12)18-16-6-10-11(7-17-18)15-8-14-10/h1-5,10-11H,6-8H2/t10-,11?,18?/m1/s1. The highest BCUT2D eigenvalue weighted by Gasteiger charge is 2.35. The average molecular weight is 296 g/mol. The van der Waals surface area contributed by atoms with Crippen LogP contribution in [0.4, 0.5) is 0 Å².